The van der Waals surface area contributed by atoms with Crippen LogP contribution in [0.2, 0.25) is 0 Å². The summed E-state index contributed by atoms with van der Waals surface area (Å²) >= 11 is 0. The molecule has 0 spiro atoms. The Labute approximate surface area is 196 Å². The van der Waals surface area contributed by atoms with Crippen LogP contribution in [0.3, 0.4) is 0 Å². The maximum absolute atomic E-state index is 4.04. The first kappa shape index (κ1) is 25.1. The minimum atomic E-state index is 0.460. The molecule has 0 saturated carbocycles. The van der Waals surface area contributed by atoms with E-state index in [1.54, 1.807) is 0 Å². The molecule has 2 atom stereocenters. The highest BCUT2D eigenvalue weighted by molar-refractivity contribution is 5.52. The lowest BCUT2D eigenvalue weighted by molar-refractivity contribution is 0.512. The van der Waals surface area contributed by atoms with Crippen LogP contribution in [0.5, 0.6) is 0 Å². The van der Waals surface area contributed by atoms with Gasteiger partial charge >= 0.3 is 0 Å². The van der Waals surface area contributed by atoms with E-state index in [2.05, 4.69) is 124 Å². The van der Waals surface area contributed by atoms with Gasteiger partial charge in [0.1, 0.15) is 0 Å². The SMILES string of the molecule is C=CCC(C)CC(=CC=Cc1ccccc1)C(CC=C)CC(C)=CC=Cc1ccccc1. The molecule has 0 saturated heterocycles. The highest BCUT2D eigenvalue weighted by atomic mass is 14.2. The molecule has 0 nitrogen and oxygen atoms in total. The Morgan fingerprint density at radius 3 is 1.81 bits per heavy atom. The molecule has 166 valence electrons. The van der Waals surface area contributed by atoms with Gasteiger partial charge in [-0.15, -0.1) is 13.2 Å². The maximum atomic E-state index is 4.04. The zero-order valence-corrected chi connectivity index (χ0v) is 19.8. The van der Waals surface area contributed by atoms with Gasteiger partial charge < -0.3 is 0 Å². The molecule has 0 radical (unpaired) electrons. The van der Waals surface area contributed by atoms with Crippen LogP contribution in [0.25, 0.3) is 12.2 Å². The van der Waals surface area contributed by atoms with Crippen LogP contribution >= 0.6 is 0 Å². The molecule has 2 aromatic carbocycles. The molecule has 0 aromatic heterocycles. The number of allylic oxidation sites excluding steroid dienone is 8. The van der Waals surface area contributed by atoms with Gasteiger partial charge in [0.15, 0.2) is 0 Å². The van der Waals surface area contributed by atoms with Crippen molar-refractivity contribution in [1.29, 1.82) is 0 Å². The van der Waals surface area contributed by atoms with Crippen LogP contribution in [0.15, 0.2) is 121 Å². The van der Waals surface area contributed by atoms with Crippen molar-refractivity contribution in [1.82, 2.24) is 0 Å². The highest BCUT2D eigenvalue weighted by Gasteiger charge is 2.15. The van der Waals surface area contributed by atoms with Gasteiger partial charge in [-0.2, -0.15) is 0 Å². The summed E-state index contributed by atoms with van der Waals surface area (Å²) in [6.07, 6.45) is 21.5. The van der Waals surface area contributed by atoms with Crippen molar-refractivity contribution in [3.8, 4) is 0 Å². The second kappa shape index (κ2) is 14.8. The lowest BCUT2D eigenvalue weighted by Crippen LogP contribution is -2.08. The minimum Gasteiger partial charge on any atom is -0.103 e. The summed E-state index contributed by atoms with van der Waals surface area (Å²) < 4.78 is 0. The summed E-state index contributed by atoms with van der Waals surface area (Å²) in [7, 11) is 0. The van der Waals surface area contributed by atoms with Gasteiger partial charge in [0.05, 0.1) is 0 Å². The molecule has 0 aliphatic heterocycles. The molecule has 0 heteroatoms. The average molecular weight is 423 g/mol. The molecule has 2 aromatic rings. The molecule has 0 aliphatic rings. The van der Waals surface area contributed by atoms with E-state index < -0.39 is 0 Å². The lowest BCUT2D eigenvalue weighted by Gasteiger charge is -2.22. The molecule has 2 rings (SSSR count). The van der Waals surface area contributed by atoms with Crippen LogP contribution in [-0.4, -0.2) is 0 Å². The summed E-state index contributed by atoms with van der Waals surface area (Å²) in [5.41, 5.74) is 5.33. The normalized spacial score (nSPS) is 14.6. The maximum Gasteiger partial charge on any atom is -0.0128 e. The quantitative estimate of drug-likeness (QED) is 0.223. The first-order valence-electron chi connectivity index (χ1n) is 11.6. The van der Waals surface area contributed by atoms with E-state index in [9.17, 15) is 0 Å². The number of hydrogen-bond donors (Lipinski definition) is 0. The molecule has 32 heavy (non-hydrogen) atoms. The van der Waals surface area contributed by atoms with Gasteiger partial charge in [0, 0.05) is 0 Å². The van der Waals surface area contributed by atoms with E-state index in [0.717, 1.165) is 25.7 Å². The third-order valence-electron chi connectivity index (χ3n) is 5.56. The summed E-state index contributed by atoms with van der Waals surface area (Å²) in [4.78, 5) is 0. The number of rotatable bonds is 13. The van der Waals surface area contributed by atoms with Crippen LogP contribution in [-0.2, 0) is 0 Å². The second-order valence-corrected chi connectivity index (χ2v) is 8.55. The zero-order chi connectivity index (χ0) is 23.0. The van der Waals surface area contributed by atoms with Crippen molar-refractivity contribution in [2.75, 3.05) is 0 Å². The van der Waals surface area contributed by atoms with Gasteiger partial charge in [-0.05, 0) is 55.6 Å². The third kappa shape index (κ3) is 9.79. The van der Waals surface area contributed by atoms with E-state index in [-0.39, 0.29) is 0 Å². The molecular weight excluding hydrogens is 384 g/mol. The smallest absolute Gasteiger partial charge is 0.0128 e. The summed E-state index contributed by atoms with van der Waals surface area (Å²) in [6.45, 7) is 12.5. The van der Waals surface area contributed by atoms with E-state index >= 15 is 0 Å². The largest absolute Gasteiger partial charge is 0.103 e. The van der Waals surface area contributed by atoms with Gasteiger partial charge in [0.2, 0.25) is 0 Å². The predicted octanol–water partition coefficient (Wildman–Crippen LogP) is 9.47. The van der Waals surface area contributed by atoms with Crippen molar-refractivity contribution >= 4 is 12.2 Å². The molecule has 0 N–H and O–H groups in total. The molecule has 0 heterocycles. The summed E-state index contributed by atoms with van der Waals surface area (Å²) in [6, 6.07) is 20.9. The number of hydrogen-bond acceptors (Lipinski definition) is 0. The van der Waals surface area contributed by atoms with Crippen molar-refractivity contribution in [2.24, 2.45) is 11.8 Å². The first-order valence-corrected chi connectivity index (χ1v) is 11.6. The van der Waals surface area contributed by atoms with Crippen molar-refractivity contribution < 1.29 is 0 Å². The van der Waals surface area contributed by atoms with Gasteiger partial charge in [-0.25, -0.2) is 0 Å². The Morgan fingerprint density at radius 2 is 1.28 bits per heavy atom. The van der Waals surface area contributed by atoms with Gasteiger partial charge in [-0.3, -0.25) is 0 Å². The van der Waals surface area contributed by atoms with Crippen LogP contribution in [0.1, 0.15) is 50.7 Å². The molecular formula is C32H38. The molecule has 0 fully saturated rings. The Morgan fingerprint density at radius 1 is 0.750 bits per heavy atom. The van der Waals surface area contributed by atoms with Crippen molar-refractivity contribution in [3.63, 3.8) is 0 Å². The minimum absolute atomic E-state index is 0.460. The van der Waals surface area contributed by atoms with E-state index in [4.69, 9.17) is 0 Å². The Hall–Kier alpha value is -3.12. The van der Waals surface area contributed by atoms with Crippen molar-refractivity contribution in [2.45, 2.75) is 39.5 Å². The molecule has 0 amide bonds. The predicted molar refractivity (Wildman–Crippen MR) is 144 cm³/mol. The fraction of sp³-hybridized carbons (Fsp3) is 0.250. The van der Waals surface area contributed by atoms with Crippen molar-refractivity contribution in [3.05, 3.63) is 133 Å². The van der Waals surface area contributed by atoms with Crippen LogP contribution in [0.4, 0.5) is 0 Å². The lowest BCUT2D eigenvalue weighted by atomic mass is 9.83. The van der Waals surface area contributed by atoms with E-state index in [1.807, 2.05) is 12.1 Å². The second-order valence-electron chi connectivity index (χ2n) is 8.55. The topological polar surface area (TPSA) is 0 Å². The summed E-state index contributed by atoms with van der Waals surface area (Å²) in [5.74, 6) is 1.04. The first-order chi connectivity index (χ1) is 15.6. The Kier molecular flexibility index (Phi) is 11.6. The number of benzene rings is 2. The molecule has 0 aliphatic carbocycles. The Balaban J connectivity index is 2.18. The highest BCUT2D eigenvalue weighted by Crippen LogP contribution is 2.30. The van der Waals surface area contributed by atoms with Gasteiger partial charge in [-0.1, -0.05) is 127 Å². The Bertz CT molecular complexity index is 923. The van der Waals surface area contributed by atoms with Crippen LogP contribution < -0.4 is 0 Å². The monoisotopic (exact) mass is 422 g/mol. The summed E-state index contributed by atoms with van der Waals surface area (Å²) in [5, 5.41) is 0. The standard InChI is InChI=1S/C32H38/c1-5-15-27(3)25-32(24-14-23-30-20-11-8-12-21-30)31(16-6-2)26-28(4)17-13-22-29-18-9-7-10-19-29/h5-14,17-24,27,31H,1-2,15-16,25-26H2,3-4H3. The molecule has 2 unspecified atom stereocenters. The fourth-order valence-electron chi connectivity index (χ4n) is 3.90. The fourth-order valence-corrected chi connectivity index (χ4v) is 3.90. The van der Waals surface area contributed by atoms with E-state index in [0.29, 0.717) is 11.8 Å². The average Bonchev–Trinajstić information content (AvgIpc) is 2.80. The molecule has 0 bridgehead atoms. The third-order valence-corrected chi connectivity index (χ3v) is 5.56. The van der Waals surface area contributed by atoms with Gasteiger partial charge in [0.25, 0.3) is 0 Å². The zero-order valence-electron chi connectivity index (χ0n) is 19.8. The van der Waals surface area contributed by atoms with Crippen LogP contribution in [0, 0.1) is 11.8 Å². The van der Waals surface area contributed by atoms with E-state index in [1.165, 1.54) is 22.3 Å².